The van der Waals surface area contributed by atoms with Crippen molar-refractivity contribution in [2.45, 2.75) is 32.9 Å². The van der Waals surface area contributed by atoms with Crippen molar-refractivity contribution in [1.82, 2.24) is 5.32 Å². The lowest BCUT2D eigenvalue weighted by Gasteiger charge is -2.19. The quantitative estimate of drug-likeness (QED) is 0.704. The van der Waals surface area contributed by atoms with Crippen LogP contribution in [0.25, 0.3) is 0 Å². The molecule has 0 spiro atoms. The molecule has 29 heavy (non-hydrogen) atoms. The summed E-state index contributed by atoms with van der Waals surface area (Å²) in [6.07, 6.45) is 2.30. The summed E-state index contributed by atoms with van der Waals surface area (Å²) in [6, 6.07) is 8.41. The number of benzene rings is 2. The van der Waals surface area contributed by atoms with Crippen molar-refractivity contribution in [2.24, 2.45) is 0 Å². The first-order chi connectivity index (χ1) is 13.5. The monoisotopic (exact) mass is 422 g/mol. The zero-order valence-electron chi connectivity index (χ0n) is 16.7. The summed E-state index contributed by atoms with van der Waals surface area (Å²) < 4.78 is 51.3. The molecule has 2 rings (SSSR count). The second-order valence-electron chi connectivity index (χ2n) is 6.96. The molecule has 0 fully saturated rings. The van der Waals surface area contributed by atoms with Crippen molar-refractivity contribution in [3.8, 4) is 0 Å². The van der Waals surface area contributed by atoms with Crippen LogP contribution in [0.15, 0.2) is 47.9 Å². The number of aryl methyl sites for hydroxylation is 1. The first-order valence-electron chi connectivity index (χ1n) is 8.98. The van der Waals surface area contributed by atoms with E-state index in [0.29, 0.717) is 0 Å². The van der Waals surface area contributed by atoms with Crippen molar-refractivity contribution < 1.29 is 22.0 Å². The Morgan fingerprint density at radius 3 is 2.24 bits per heavy atom. The van der Waals surface area contributed by atoms with Gasteiger partial charge in [-0.1, -0.05) is 30.3 Å². The fourth-order valence-electron chi connectivity index (χ4n) is 2.81. The predicted octanol–water partition coefficient (Wildman–Crippen LogP) is 4.12. The van der Waals surface area contributed by atoms with Crippen LogP contribution in [0, 0.1) is 18.6 Å². The van der Waals surface area contributed by atoms with Gasteiger partial charge in [0.15, 0.2) is 9.84 Å². The number of sulfone groups is 1. The normalized spacial score (nSPS) is 13.9. The number of hydrogen-bond donors (Lipinski definition) is 2. The van der Waals surface area contributed by atoms with Gasteiger partial charge in [0.1, 0.15) is 17.3 Å². The maximum absolute atomic E-state index is 14.5. The third kappa shape index (κ3) is 6.39. The highest BCUT2D eigenvalue weighted by molar-refractivity contribution is 7.93. The number of anilines is 1. The van der Waals surface area contributed by atoms with E-state index in [9.17, 15) is 22.0 Å². The van der Waals surface area contributed by atoms with E-state index in [2.05, 4.69) is 10.6 Å². The van der Waals surface area contributed by atoms with Crippen molar-refractivity contribution in [3.63, 3.8) is 0 Å². The number of carbonyl (C=O) groups is 1. The van der Waals surface area contributed by atoms with Gasteiger partial charge in [-0.25, -0.2) is 17.2 Å². The number of amides is 1. The molecule has 2 N–H and O–H groups in total. The van der Waals surface area contributed by atoms with E-state index in [0.717, 1.165) is 34.9 Å². The van der Waals surface area contributed by atoms with E-state index in [1.165, 1.54) is 6.08 Å². The Morgan fingerprint density at radius 1 is 1.10 bits per heavy atom. The lowest BCUT2D eigenvalue weighted by molar-refractivity contribution is 0.0946. The molecule has 0 aromatic heterocycles. The molecule has 0 heterocycles. The van der Waals surface area contributed by atoms with E-state index in [1.807, 2.05) is 31.2 Å². The topological polar surface area (TPSA) is 75.3 Å². The van der Waals surface area contributed by atoms with Crippen molar-refractivity contribution in [2.75, 3.05) is 11.6 Å². The van der Waals surface area contributed by atoms with Crippen LogP contribution in [0.4, 0.5) is 14.5 Å². The highest BCUT2D eigenvalue weighted by Crippen LogP contribution is 2.27. The lowest BCUT2D eigenvalue weighted by Crippen LogP contribution is -2.31. The Morgan fingerprint density at radius 2 is 1.69 bits per heavy atom. The summed E-state index contributed by atoms with van der Waals surface area (Å²) in [6.45, 7) is 5.25. The summed E-state index contributed by atoms with van der Waals surface area (Å²) in [5.74, 6) is -2.50. The maximum Gasteiger partial charge on any atom is 0.251 e. The second kappa shape index (κ2) is 9.17. The van der Waals surface area contributed by atoms with Crippen LogP contribution >= 0.6 is 0 Å². The Hall–Kier alpha value is -2.74. The number of nitrogens with one attached hydrogen (secondary N) is 2. The molecule has 0 saturated carbocycles. The summed E-state index contributed by atoms with van der Waals surface area (Å²) in [4.78, 5) is 12.2. The van der Waals surface area contributed by atoms with Crippen LogP contribution in [0.2, 0.25) is 0 Å². The van der Waals surface area contributed by atoms with Gasteiger partial charge in [0.25, 0.3) is 5.91 Å². The highest BCUT2D eigenvalue weighted by Gasteiger charge is 2.18. The van der Waals surface area contributed by atoms with Crippen molar-refractivity contribution in [1.29, 1.82) is 0 Å². The number of halogens is 2. The molecule has 2 aromatic rings. The van der Waals surface area contributed by atoms with Gasteiger partial charge in [-0.2, -0.15) is 0 Å². The second-order valence-corrected chi connectivity index (χ2v) is 8.89. The molecule has 0 radical (unpaired) electrons. The molecule has 1 amide bonds. The Kier molecular flexibility index (Phi) is 7.13. The molecule has 0 saturated heterocycles. The minimum absolute atomic E-state index is 0.200. The van der Waals surface area contributed by atoms with Crippen molar-refractivity contribution in [3.05, 3.63) is 76.2 Å². The molecule has 0 aliphatic heterocycles. The third-order valence-corrected chi connectivity index (χ3v) is 4.94. The minimum atomic E-state index is -3.34. The summed E-state index contributed by atoms with van der Waals surface area (Å²) in [7, 11) is -3.34. The van der Waals surface area contributed by atoms with E-state index in [1.54, 1.807) is 13.8 Å². The molecular weight excluding hydrogens is 398 g/mol. The number of carbonyl (C=O) groups excluding carboxylic acids is 1. The predicted molar refractivity (Wildman–Crippen MR) is 110 cm³/mol. The molecule has 0 aliphatic carbocycles. The molecule has 2 aromatic carbocycles. The van der Waals surface area contributed by atoms with Gasteiger partial charge in [-0.15, -0.1) is 0 Å². The van der Waals surface area contributed by atoms with Gasteiger partial charge < -0.3 is 10.6 Å². The maximum atomic E-state index is 14.5. The van der Waals surface area contributed by atoms with Gasteiger partial charge in [0.2, 0.25) is 0 Å². The SMILES string of the molecule is Cc1ccccc1[C@H](C)Nc1c(F)cc(C(=O)N[C@H](C)/C=C/S(C)(=O)=O)cc1F. The summed E-state index contributed by atoms with van der Waals surface area (Å²) >= 11 is 0. The highest BCUT2D eigenvalue weighted by atomic mass is 32.2. The van der Waals surface area contributed by atoms with Gasteiger partial charge in [0, 0.05) is 29.3 Å². The van der Waals surface area contributed by atoms with Crippen LogP contribution in [0.1, 0.15) is 41.4 Å². The molecular formula is C21H24F2N2O3S. The minimum Gasteiger partial charge on any atom is -0.374 e. The third-order valence-electron chi connectivity index (χ3n) is 4.29. The molecule has 0 aliphatic rings. The Balaban J connectivity index is 2.17. The van der Waals surface area contributed by atoms with Crippen LogP contribution in [0.5, 0.6) is 0 Å². The zero-order valence-corrected chi connectivity index (χ0v) is 17.5. The molecule has 0 unspecified atom stereocenters. The average Bonchev–Trinajstić information content (AvgIpc) is 2.62. The fraction of sp³-hybridized carbons (Fsp3) is 0.286. The first-order valence-corrected chi connectivity index (χ1v) is 10.9. The smallest absolute Gasteiger partial charge is 0.251 e. The summed E-state index contributed by atoms with van der Waals surface area (Å²) in [5, 5.41) is 6.25. The first kappa shape index (κ1) is 22.5. The van der Waals surface area contributed by atoms with E-state index in [-0.39, 0.29) is 17.3 Å². The molecule has 2 atom stereocenters. The van der Waals surface area contributed by atoms with Crippen LogP contribution in [-0.4, -0.2) is 26.6 Å². The molecule has 5 nitrogen and oxygen atoms in total. The van der Waals surface area contributed by atoms with Gasteiger partial charge in [-0.3, -0.25) is 4.79 Å². The Labute approximate surface area is 169 Å². The van der Waals surface area contributed by atoms with Crippen LogP contribution in [-0.2, 0) is 9.84 Å². The standard InChI is InChI=1S/C21H24F2N2O3S/c1-13-7-5-6-8-17(13)15(3)25-20-18(22)11-16(12-19(20)23)21(26)24-14(2)9-10-29(4,27)28/h5-12,14-15,25H,1-4H3,(H,24,26)/b10-9+/t14-,15+/m1/s1. The summed E-state index contributed by atoms with van der Waals surface area (Å²) in [5.41, 5.74) is 1.37. The number of hydrogen-bond acceptors (Lipinski definition) is 4. The van der Waals surface area contributed by atoms with E-state index in [4.69, 9.17) is 0 Å². The van der Waals surface area contributed by atoms with Gasteiger partial charge in [0.05, 0.1) is 0 Å². The van der Waals surface area contributed by atoms with E-state index >= 15 is 0 Å². The lowest BCUT2D eigenvalue weighted by atomic mass is 10.0. The zero-order chi connectivity index (χ0) is 21.8. The number of rotatable bonds is 7. The molecule has 8 heteroatoms. The van der Waals surface area contributed by atoms with Gasteiger partial charge in [-0.05, 0) is 44.0 Å². The Bertz CT molecular complexity index is 1010. The molecule has 156 valence electrons. The van der Waals surface area contributed by atoms with Crippen LogP contribution in [0.3, 0.4) is 0 Å². The van der Waals surface area contributed by atoms with Crippen molar-refractivity contribution >= 4 is 21.4 Å². The largest absolute Gasteiger partial charge is 0.374 e. The van der Waals surface area contributed by atoms with E-state index < -0.39 is 33.4 Å². The average molecular weight is 422 g/mol. The van der Waals surface area contributed by atoms with Crippen LogP contribution < -0.4 is 10.6 Å². The fourth-order valence-corrected chi connectivity index (χ4v) is 3.33. The molecule has 0 bridgehead atoms. The van der Waals surface area contributed by atoms with Gasteiger partial charge >= 0.3 is 0 Å².